The van der Waals surface area contributed by atoms with Crippen LogP contribution in [0.1, 0.15) is 18.4 Å². The van der Waals surface area contributed by atoms with Crippen molar-refractivity contribution < 1.29 is 23.0 Å². The second-order valence-electron chi connectivity index (χ2n) is 5.14. The number of halogens is 3. The molecule has 0 amide bonds. The summed E-state index contributed by atoms with van der Waals surface area (Å²) >= 11 is 1.51. The van der Waals surface area contributed by atoms with E-state index in [4.69, 9.17) is 0 Å². The van der Waals surface area contributed by atoms with E-state index in [9.17, 15) is 33.4 Å². The highest BCUT2D eigenvalue weighted by atomic mass is 32.2. The van der Waals surface area contributed by atoms with Crippen LogP contribution in [0.25, 0.3) is 0 Å². The summed E-state index contributed by atoms with van der Waals surface area (Å²) in [7, 11) is 0. The molecular weight excluding hydrogens is 339 g/mol. The predicted octanol–water partition coefficient (Wildman–Crippen LogP) is 3.83. The van der Waals surface area contributed by atoms with E-state index >= 15 is 0 Å². The van der Waals surface area contributed by atoms with Gasteiger partial charge in [-0.3, -0.25) is 20.2 Å². The first-order valence-corrected chi connectivity index (χ1v) is 7.65. The Morgan fingerprint density at radius 3 is 2.00 bits per heavy atom. The molecule has 0 radical (unpaired) electrons. The second-order valence-corrected chi connectivity index (χ2v) is 6.42. The van der Waals surface area contributed by atoms with Gasteiger partial charge < -0.3 is 5.32 Å². The molecule has 0 heterocycles. The molecular formula is C12H12F3N3O4S. The molecule has 2 rings (SSSR count). The van der Waals surface area contributed by atoms with Gasteiger partial charge in [-0.25, -0.2) is 0 Å². The van der Waals surface area contributed by atoms with Gasteiger partial charge in [0.1, 0.15) is 0 Å². The third-order valence-electron chi connectivity index (χ3n) is 3.65. The number of nitro benzene ring substituents is 2. The smallest absolute Gasteiger partial charge is 0.372 e. The maximum Gasteiger partial charge on any atom is 0.416 e. The van der Waals surface area contributed by atoms with Crippen LogP contribution in [0.15, 0.2) is 12.1 Å². The van der Waals surface area contributed by atoms with E-state index in [0.717, 1.165) is 12.8 Å². The van der Waals surface area contributed by atoms with Gasteiger partial charge >= 0.3 is 6.18 Å². The van der Waals surface area contributed by atoms with Crippen molar-refractivity contribution in [3.8, 4) is 0 Å². The monoisotopic (exact) mass is 351 g/mol. The largest absolute Gasteiger partial charge is 0.416 e. The van der Waals surface area contributed by atoms with E-state index in [0.29, 0.717) is 12.1 Å². The van der Waals surface area contributed by atoms with Crippen molar-refractivity contribution in [2.75, 3.05) is 18.1 Å². The lowest BCUT2D eigenvalue weighted by Crippen LogP contribution is -2.19. The van der Waals surface area contributed by atoms with Gasteiger partial charge in [-0.05, 0) is 19.1 Å². The SMILES string of the molecule is CSC1(CNc2c([N+](=O)[O-])cc(C(F)(F)F)cc2[N+](=O)[O-])CC1. The van der Waals surface area contributed by atoms with Crippen LogP contribution in [0.2, 0.25) is 0 Å². The van der Waals surface area contributed by atoms with Gasteiger partial charge in [0, 0.05) is 23.4 Å². The molecule has 23 heavy (non-hydrogen) atoms. The fourth-order valence-corrected chi connectivity index (χ4v) is 2.81. The zero-order chi connectivity index (χ0) is 17.4. The molecule has 126 valence electrons. The minimum absolute atomic E-state index is 0.176. The second kappa shape index (κ2) is 5.87. The Kier molecular flexibility index (Phi) is 4.42. The fourth-order valence-electron chi connectivity index (χ4n) is 2.09. The quantitative estimate of drug-likeness (QED) is 0.618. The Bertz CT molecular complexity index is 626. The van der Waals surface area contributed by atoms with Crippen molar-refractivity contribution in [1.82, 2.24) is 0 Å². The normalized spacial score (nSPS) is 16.0. The molecule has 1 aromatic rings. The van der Waals surface area contributed by atoms with Crippen molar-refractivity contribution in [3.05, 3.63) is 37.9 Å². The van der Waals surface area contributed by atoms with Crippen LogP contribution >= 0.6 is 11.8 Å². The minimum atomic E-state index is -4.91. The first kappa shape index (κ1) is 17.3. The molecule has 1 saturated carbocycles. The molecule has 1 N–H and O–H groups in total. The van der Waals surface area contributed by atoms with E-state index in [2.05, 4.69) is 5.32 Å². The summed E-state index contributed by atoms with van der Waals surface area (Å²) in [6, 6.07) is 0.627. The van der Waals surface area contributed by atoms with Gasteiger partial charge in [0.15, 0.2) is 5.69 Å². The first-order valence-electron chi connectivity index (χ1n) is 6.43. The molecule has 1 aliphatic carbocycles. The van der Waals surface area contributed by atoms with Crippen molar-refractivity contribution in [2.45, 2.75) is 23.8 Å². The summed E-state index contributed by atoms with van der Waals surface area (Å²) in [5.74, 6) is 0. The number of alkyl halides is 3. The average molecular weight is 351 g/mol. The molecule has 0 aromatic heterocycles. The van der Waals surface area contributed by atoms with Crippen LogP contribution in [-0.2, 0) is 6.18 Å². The maximum absolute atomic E-state index is 12.8. The number of hydrogen-bond acceptors (Lipinski definition) is 6. The lowest BCUT2D eigenvalue weighted by Gasteiger charge is -2.15. The van der Waals surface area contributed by atoms with E-state index in [1.165, 1.54) is 11.8 Å². The minimum Gasteiger partial charge on any atom is -0.372 e. The number of benzene rings is 1. The van der Waals surface area contributed by atoms with Crippen LogP contribution < -0.4 is 5.32 Å². The Hall–Kier alpha value is -2.04. The summed E-state index contributed by atoms with van der Waals surface area (Å²) < 4.78 is 38.2. The van der Waals surface area contributed by atoms with Gasteiger partial charge in [-0.2, -0.15) is 24.9 Å². The van der Waals surface area contributed by atoms with Gasteiger partial charge in [-0.1, -0.05) is 0 Å². The van der Waals surface area contributed by atoms with Gasteiger partial charge in [0.2, 0.25) is 0 Å². The van der Waals surface area contributed by atoms with Crippen LogP contribution in [0.3, 0.4) is 0 Å². The van der Waals surface area contributed by atoms with Crippen LogP contribution in [0, 0.1) is 20.2 Å². The highest BCUT2D eigenvalue weighted by Gasteiger charge is 2.43. The zero-order valence-electron chi connectivity index (χ0n) is 11.8. The third-order valence-corrected chi connectivity index (χ3v) is 5.06. The Morgan fingerprint density at radius 1 is 1.22 bits per heavy atom. The molecule has 0 bridgehead atoms. The molecule has 0 spiro atoms. The molecule has 7 nitrogen and oxygen atoms in total. The van der Waals surface area contributed by atoms with Gasteiger partial charge in [0.05, 0.1) is 15.4 Å². The third kappa shape index (κ3) is 3.66. The zero-order valence-corrected chi connectivity index (χ0v) is 12.7. The Labute approximate surface area is 132 Å². The number of anilines is 1. The van der Waals surface area contributed by atoms with Crippen molar-refractivity contribution in [1.29, 1.82) is 0 Å². The van der Waals surface area contributed by atoms with Crippen molar-refractivity contribution in [2.24, 2.45) is 0 Å². The van der Waals surface area contributed by atoms with Crippen LogP contribution in [-0.4, -0.2) is 27.4 Å². The molecule has 11 heteroatoms. The van der Waals surface area contributed by atoms with Crippen molar-refractivity contribution >= 4 is 28.8 Å². The predicted molar refractivity (Wildman–Crippen MR) is 78.7 cm³/mol. The number of thioether (sulfide) groups is 1. The summed E-state index contributed by atoms with van der Waals surface area (Å²) in [6.45, 7) is 0.210. The van der Waals surface area contributed by atoms with E-state index in [-0.39, 0.29) is 11.3 Å². The van der Waals surface area contributed by atoms with E-state index in [1.807, 2.05) is 6.26 Å². The summed E-state index contributed by atoms with van der Waals surface area (Å²) in [4.78, 5) is 20.0. The van der Waals surface area contributed by atoms with Crippen LogP contribution in [0.4, 0.5) is 30.2 Å². The molecule has 0 atom stereocenters. The topological polar surface area (TPSA) is 98.3 Å². The average Bonchev–Trinajstić information content (AvgIpc) is 3.23. The Balaban J connectivity index is 2.49. The highest BCUT2D eigenvalue weighted by molar-refractivity contribution is 8.00. The summed E-state index contributed by atoms with van der Waals surface area (Å²) in [5, 5.41) is 24.7. The first-order chi connectivity index (χ1) is 10.6. The number of rotatable bonds is 6. The summed E-state index contributed by atoms with van der Waals surface area (Å²) in [5.41, 5.74) is -3.83. The number of hydrogen-bond donors (Lipinski definition) is 1. The maximum atomic E-state index is 12.8. The van der Waals surface area contributed by atoms with Gasteiger partial charge in [-0.15, -0.1) is 0 Å². The fraction of sp³-hybridized carbons (Fsp3) is 0.500. The van der Waals surface area contributed by atoms with Crippen molar-refractivity contribution in [3.63, 3.8) is 0 Å². The molecule has 0 unspecified atom stereocenters. The van der Waals surface area contributed by atoms with E-state index < -0.39 is 38.6 Å². The Morgan fingerprint density at radius 2 is 1.70 bits per heavy atom. The number of nitrogens with one attached hydrogen (secondary N) is 1. The van der Waals surface area contributed by atoms with Crippen LogP contribution in [0.5, 0.6) is 0 Å². The molecule has 1 aromatic carbocycles. The molecule has 1 aliphatic rings. The lowest BCUT2D eigenvalue weighted by atomic mass is 10.1. The number of nitrogens with zero attached hydrogens (tertiary/aromatic N) is 2. The standard InChI is InChI=1S/C12H12F3N3O4S/c1-23-11(2-3-11)6-16-10-8(17(19)20)4-7(12(13,14)15)5-9(10)18(21)22/h4-5,16H,2-3,6H2,1H3. The summed E-state index contributed by atoms with van der Waals surface area (Å²) in [6.07, 6.45) is -1.40. The molecule has 0 saturated heterocycles. The lowest BCUT2D eigenvalue weighted by molar-refractivity contribution is -0.392. The number of nitro groups is 2. The van der Waals surface area contributed by atoms with Gasteiger partial charge in [0.25, 0.3) is 11.4 Å². The molecule has 1 fully saturated rings. The van der Waals surface area contributed by atoms with E-state index in [1.54, 1.807) is 0 Å². The highest BCUT2D eigenvalue weighted by Crippen LogP contribution is 2.48. The molecule has 0 aliphatic heterocycles.